The molecule has 0 saturated heterocycles. The maximum Gasteiger partial charge on any atom is 0.161 e. The average molecular weight is 478 g/mol. The van der Waals surface area contributed by atoms with Crippen LogP contribution in [0.2, 0.25) is 0 Å². The van der Waals surface area contributed by atoms with E-state index in [0.717, 1.165) is 62.5 Å². The number of hydrogen-bond acceptors (Lipinski definition) is 6. The molecule has 9 nitrogen and oxygen atoms in total. The van der Waals surface area contributed by atoms with Gasteiger partial charge in [0.25, 0.3) is 0 Å². The fourth-order valence-electron chi connectivity index (χ4n) is 3.91. The Labute approximate surface area is 208 Å². The molecule has 0 aliphatic rings. The van der Waals surface area contributed by atoms with Gasteiger partial charge in [0.2, 0.25) is 0 Å². The van der Waals surface area contributed by atoms with Gasteiger partial charge in [-0.3, -0.25) is 10.1 Å². The van der Waals surface area contributed by atoms with Crippen LogP contribution in [0.4, 0.5) is 0 Å². The van der Waals surface area contributed by atoms with Crippen molar-refractivity contribution < 1.29 is 0 Å². The number of nitrogens with zero attached hydrogens (tertiary/aromatic N) is 6. The van der Waals surface area contributed by atoms with Gasteiger partial charge in [-0.1, -0.05) is 26.2 Å². The van der Waals surface area contributed by atoms with Crippen molar-refractivity contribution in [3.63, 3.8) is 0 Å². The van der Waals surface area contributed by atoms with Crippen LogP contribution < -0.4 is 5.32 Å². The quantitative estimate of drug-likeness (QED) is 0.259. The summed E-state index contributed by atoms with van der Waals surface area (Å²) in [5.41, 5.74) is 9.04. The Morgan fingerprint density at radius 1 is 1.17 bits per heavy atom. The number of nitrogens with one attached hydrogen (secondary N) is 3. The lowest BCUT2D eigenvalue weighted by Gasteiger charge is -2.10. The van der Waals surface area contributed by atoms with Gasteiger partial charge in [-0.15, -0.1) is 0 Å². The molecule has 0 aliphatic heterocycles. The summed E-state index contributed by atoms with van der Waals surface area (Å²) >= 11 is 0. The van der Waals surface area contributed by atoms with E-state index < -0.39 is 0 Å². The summed E-state index contributed by atoms with van der Waals surface area (Å²) in [5, 5.41) is 10.9. The van der Waals surface area contributed by atoms with Crippen molar-refractivity contribution in [2.45, 2.75) is 27.2 Å². The van der Waals surface area contributed by atoms with E-state index in [-0.39, 0.29) is 0 Å². The van der Waals surface area contributed by atoms with E-state index in [0.29, 0.717) is 11.5 Å². The van der Waals surface area contributed by atoms with Gasteiger partial charge in [0.15, 0.2) is 11.5 Å². The van der Waals surface area contributed by atoms with Gasteiger partial charge in [0, 0.05) is 17.6 Å². The highest BCUT2D eigenvalue weighted by Crippen LogP contribution is 2.28. The topological polar surface area (TPSA) is 113 Å². The number of allylic oxidation sites excluding steroid dienone is 5. The van der Waals surface area contributed by atoms with E-state index in [1.54, 1.807) is 24.8 Å². The van der Waals surface area contributed by atoms with E-state index in [2.05, 4.69) is 50.5 Å². The van der Waals surface area contributed by atoms with Crippen LogP contribution >= 0.6 is 0 Å². The predicted molar refractivity (Wildman–Crippen MR) is 143 cm³/mol. The summed E-state index contributed by atoms with van der Waals surface area (Å²) < 4.78 is 1.91. The van der Waals surface area contributed by atoms with Gasteiger partial charge >= 0.3 is 0 Å². The molecule has 3 N–H and O–H groups in total. The van der Waals surface area contributed by atoms with E-state index in [4.69, 9.17) is 9.97 Å². The summed E-state index contributed by atoms with van der Waals surface area (Å²) in [4.78, 5) is 21.8. The molecule has 5 aromatic heterocycles. The Balaban J connectivity index is 1.57. The summed E-state index contributed by atoms with van der Waals surface area (Å²) in [6.07, 6.45) is 13.8. The molecule has 0 atom stereocenters. The van der Waals surface area contributed by atoms with Crippen molar-refractivity contribution in [2.75, 3.05) is 0 Å². The van der Waals surface area contributed by atoms with Crippen LogP contribution in [0.15, 0.2) is 79.8 Å². The summed E-state index contributed by atoms with van der Waals surface area (Å²) in [5.74, 6) is 0.609. The average Bonchev–Trinajstić information content (AvgIpc) is 3.63. The lowest BCUT2D eigenvalue weighted by Crippen LogP contribution is -2.09. The molecule has 0 fully saturated rings. The first-order chi connectivity index (χ1) is 17.5. The maximum absolute atomic E-state index is 4.94. The second-order valence-corrected chi connectivity index (χ2v) is 8.36. The van der Waals surface area contributed by atoms with E-state index in [1.807, 2.05) is 48.9 Å². The number of aromatic nitrogens is 8. The molecule has 5 rings (SSSR count). The normalized spacial score (nSPS) is 12.4. The van der Waals surface area contributed by atoms with Gasteiger partial charge in [-0.2, -0.15) is 5.10 Å². The highest BCUT2D eigenvalue weighted by Gasteiger charge is 2.17. The minimum Gasteiger partial charge on any atom is -0.359 e. The lowest BCUT2D eigenvalue weighted by atomic mass is 10.1. The number of aryl methyl sites for hydroxylation is 1. The molecule has 0 aromatic carbocycles. The van der Waals surface area contributed by atoms with Crippen LogP contribution in [0.5, 0.6) is 0 Å². The van der Waals surface area contributed by atoms with Crippen LogP contribution in [0.3, 0.4) is 0 Å². The summed E-state index contributed by atoms with van der Waals surface area (Å²) in [7, 11) is 0. The fraction of sp³-hybridized carbons (Fsp3) is 0.148. The number of imidazole rings is 2. The molecule has 0 saturated carbocycles. The first-order valence-corrected chi connectivity index (χ1v) is 11.7. The first kappa shape index (κ1) is 23.0. The monoisotopic (exact) mass is 477 g/mol. The largest absolute Gasteiger partial charge is 0.359 e. The van der Waals surface area contributed by atoms with Gasteiger partial charge in [0.1, 0.15) is 11.0 Å². The van der Waals surface area contributed by atoms with Crippen LogP contribution in [-0.2, 0) is 0 Å². The third-order valence-electron chi connectivity index (χ3n) is 5.88. The summed E-state index contributed by atoms with van der Waals surface area (Å²) in [6.45, 7) is 13.9. The molecule has 0 unspecified atom stereocenters. The number of pyridine rings is 2. The van der Waals surface area contributed by atoms with Crippen molar-refractivity contribution >= 4 is 27.6 Å². The third-order valence-corrected chi connectivity index (χ3v) is 5.88. The smallest absolute Gasteiger partial charge is 0.161 e. The molecule has 0 radical (unpaired) electrons. The Morgan fingerprint density at radius 2 is 2.03 bits per heavy atom. The Hall–Kier alpha value is -4.79. The molecule has 0 aliphatic carbocycles. The van der Waals surface area contributed by atoms with Crippen LogP contribution in [-0.4, -0.2) is 39.7 Å². The number of rotatable bonds is 8. The van der Waals surface area contributed by atoms with Gasteiger partial charge < -0.3 is 14.9 Å². The number of fused-ring (bicyclic) bond motifs is 2. The van der Waals surface area contributed by atoms with E-state index >= 15 is 0 Å². The number of H-pyrrole nitrogens is 2. The molecule has 0 spiro atoms. The second-order valence-electron chi connectivity index (χ2n) is 8.36. The zero-order valence-electron chi connectivity index (χ0n) is 20.5. The zero-order chi connectivity index (χ0) is 25.2. The highest BCUT2D eigenvalue weighted by atomic mass is 15.2. The Kier molecular flexibility index (Phi) is 6.03. The minimum atomic E-state index is 0.609. The van der Waals surface area contributed by atoms with Crippen LogP contribution in [0, 0.1) is 6.92 Å². The van der Waals surface area contributed by atoms with Crippen molar-refractivity contribution in [3.05, 3.63) is 91.2 Å². The molecular formula is C27H27N9. The summed E-state index contributed by atoms with van der Waals surface area (Å²) in [6, 6.07) is 3.94. The molecule has 180 valence electrons. The molecule has 36 heavy (non-hydrogen) atoms. The standard InChI is InChI=1S/C27H27N9/c1-6-16(4)30-19(8-3)11-18(7-2)20-9-10-21-25(31-20)26(35-34-21)27-32-22-12-28-13-23(24(22)33-27)36-14-17(5)29-15-36/h7-15,30H,3-4,6H2,1-2,5H3,(H,32,33)(H,34,35)/b18-7+,19-11+. The fourth-order valence-corrected chi connectivity index (χ4v) is 3.91. The zero-order valence-corrected chi connectivity index (χ0v) is 20.5. The third kappa shape index (κ3) is 4.22. The van der Waals surface area contributed by atoms with E-state index in [1.165, 1.54) is 0 Å². The number of aromatic amines is 2. The predicted octanol–water partition coefficient (Wildman–Crippen LogP) is 5.38. The van der Waals surface area contributed by atoms with Crippen molar-refractivity contribution in [3.8, 4) is 17.2 Å². The van der Waals surface area contributed by atoms with Gasteiger partial charge in [0.05, 0.1) is 46.8 Å². The van der Waals surface area contributed by atoms with Crippen molar-refractivity contribution in [1.82, 2.24) is 45.0 Å². The van der Waals surface area contributed by atoms with Crippen molar-refractivity contribution in [2.24, 2.45) is 0 Å². The first-order valence-electron chi connectivity index (χ1n) is 11.7. The Morgan fingerprint density at radius 3 is 2.75 bits per heavy atom. The molecule has 9 heteroatoms. The van der Waals surface area contributed by atoms with Gasteiger partial charge in [-0.25, -0.2) is 15.0 Å². The minimum absolute atomic E-state index is 0.609. The SMILES string of the molecule is C=C/C(=C\C(=C/C)c1ccc2[nH]nc(-c3nc4c(-n5cnc(C)c5)cncc4[nH]3)c2n1)NC(=C)CC. The number of hydrogen-bond donors (Lipinski definition) is 3. The lowest BCUT2D eigenvalue weighted by molar-refractivity contribution is 0.920. The van der Waals surface area contributed by atoms with Crippen molar-refractivity contribution in [1.29, 1.82) is 0 Å². The van der Waals surface area contributed by atoms with E-state index in [9.17, 15) is 0 Å². The van der Waals surface area contributed by atoms with Crippen LogP contribution in [0.1, 0.15) is 31.7 Å². The Bertz CT molecular complexity index is 1660. The molecule has 5 heterocycles. The maximum atomic E-state index is 4.94. The second kappa shape index (κ2) is 9.46. The highest BCUT2D eigenvalue weighted by molar-refractivity contribution is 5.93. The molecular weight excluding hydrogens is 450 g/mol. The molecule has 0 amide bonds. The molecule has 0 bridgehead atoms. The van der Waals surface area contributed by atoms with Gasteiger partial charge in [-0.05, 0) is 50.1 Å². The van der Waals surface area contributed by atoms with Crippen LogP contribution in [0.25, 0.3) is 44.8 Å². The molecule has 5 aromatic rings.